The van der Waals surface area contributed by atoms with Gasteiger partial charge in [0.25, 0.3) is 0 Å². The molecular weight excluding hydrogens is 250 g/mol. The van der Waals surface area contributed by atoms with E-state index in [1.807, 2.05) is 13.8 Å². The van der Waals surface area contributed by atoms with Crippen LogP contribution in [0.1, 0.15) is 25.4 Å². The number of hydrogen-bond donors (Lipinski definition) is 3. The number of aliphatic hydroxyl groups is 1. The lowest BCUT2D eigenvalue weighted by Gasteiger charge is -2.32. The van der Waals surface area contributed by atoms with Crippen molar-refractivity contribution in [3.8, 4) is 5.75 Å². The van der Waals surface area contributed by atoms with Gasteiger partial charge in [-0.1, -0.05) is 0 Å². The Morgan fingerprint density at radius 3 is 2.58 bits per heavy atom. The first-order valence-corrected chi connectivity index (χ1v) is 6.44. The van der Waals surface area contributed by atoms with Crippen molar-refractivity contribution in [3.63, 3.8) is 0 Å². The molecule has 0 spiro atoms. The van der Waals surface area contributed by atoms with Gasteiger partial charge in [-0.2, -0.15) is 0 Å². The summed E-state index contributed by atoms with van der Waals surface area (Å²) in [6.07, 6.45) is 0.266. The molecule has 0 bridgehead atoms. The van der Waals surface area contributed by atoms with E-state index in [-0.39, 0.29) is 36.1 Å². The van der Waals surface area contributed by atoms with Gasteiger partial charge in [-0.15, -0.1) is 0 Å². The van der Waals surface area contributed by atoms with Gasteiger partial charge in [0.1, 0.15) is 44.2 Å². The van der Waals surface area contributed by atoms with Gasteiger partial charge < -0.3 is 24.3 Å². The highest BCUT2D eigenvalue weighted by atomic mass is 16.5. The SMILES string of the molecule is C[C@@H]1C[NH+](Cc2oc(CO)cc(=O)c2O)C[C@@H](C)O1. The number of aromatic hydroxyl groups is 1. The fraction of sp³-hybridized carbons (Fsp3) is 0.615. The molecule has 1 aromatic rings. The molecule has 1 saturated heterocycles. The van der Waals surface area contributed by atoms with Gasteiger partial charge in [-0.3, -0.25) is 4.79 Å². The average Bonchev–Trinajstić information content (AvgIpc) is 2.33. The normalized spacial score (nSPS) is 27.4. The largest absolute Gasteiger partial charge is 0.502 e. The second kappa shape index (κ2) is 5.73. The van der Waals surface area contributed by atoms with Gasteiger partial charge in [0.2, 0.25) is 16.9 Å². The standard InChI is InChI=1S/C13H19NO5/c1-8-4-14(5-9(2)18-8)6-12-13(17)11(16)3-10(7-15)19-12/h3,8-9,15,17H,4-7H2,1-2H3/p+1/t8-,9-/m1/s1. The first kappa shape index (κ1) is 14.0. The molecule has 0 radical (unpaired) electrons. The molecule has 2 rings (SSSR count). The second-order valence-corrected chi connectivity index (χ2v) is 5.10. The summed E-state index contributed by atoms with van der Waals surface area (Å²) in [6, 6.07) is 1.11. The Morgan fingerprint density at radius 2 is 2.00 bits per heavy atom. The Bertz CT molecular complexity index is 488. The van der Waals surface area contributed by atoms with Crippen molar-refractivity contribution in [2.75, 3.05) is 13.1 Å². The summed E-state index contributed by atoms with van der Waals surface area (Å²) in [5, 5.41) is 18.8. The third-order valence-electron chi connectivity index (χ3n) is 3.23. The molecule has 2 atom stereocenters. The molecule has 2 heterocycles. The molecule has 6 nitrogen and oxygen atoms in total. The molecule has 19 heavy (non-hydrogen) atoms. The number of morpholine rings is 1. The van der Waals surface area contributed by atoms with Crippen LogP contribution in [0.25, 0.3) is 0 Å². The molecule has 3 N–H and O–H groups in total. The molecule has 6 heteroatoms. The van der Waals surface area contributed by atoms with E-state index in [1.165, 1.54) is 4.90 Å². The zero-order valence-electron chi connectivity index (χ0n) is 11.2. The summed E-state index contributed by atoms with van der Waals surface area (Å²) in [7, 11) is 0. The van der Waals surface area contributed by atoms with Crippen LogP contribution >= 0.6 is 0 Å². The minimum atomic E-state index is -0.515. The summed E-state index contributed by atoms with van der Waals surface area (Å²) in [6.45, 7) is 5.63. The predicted molar refractivity (Wildman–Crippen MR) is 67.0 cm³/mol. The lowest BCUT2D eigenvalue weighted by atomic mass is 10.2. The number of aliphatic hydroxyl groups excluding tert-OH is 1. The number of quaternary nitrogens is 1. The van der Waals surface area contributed by atoms with Crippen molar-refractivity contribution < 1.29 is 24.3 Å². The Morgan fingerprint density at radius 1 is 1.37 bits per heavy atom. The van der Waals surface area contributed by atoms with Crippen LogP contribution in [-0.2, 0) is 17.9 Å². The van der Waals surface area contributed by atoms with E-state index in [2.05, 4.69) is 0 Å². The maximum absolute atomic E-state index is 11.5. The monoisotopic (exact) mass is 270 g/mol. The van der Waals surface area contributed by atoms with Crippen molar-refractivity contribution in [1.82, 2.24) is 0 Å². The lowest BCUT2D eigenvalue weighted by molar-refractivity contribution is -0.929. The van der Waals surface area contributed by atoms with Gasteiger partial charge in [0, 0.05) is 6.07 Å². The molecule has 0 unspecified atom stereocenters. The number of ether oxygens (including phenoxy) is 1. The summed E-state index contributed by atoms with van der Waals surface area (Å²) in [5.41, 5.74) is -0.515. The summed E-state index contributed by atoms with van der Waals surface area (Å²) in [4.78, 5) is 12.7. The van der Waals surface area contributed by atoms with Crippen LogP contribution in [-0.4, -0.2) is 35.5 Å². The minimum Gasteiger partial charge on any atom is -0.502 e. The van der Waals surface area contributed by atoms with Gasteiger partial charge in [-0.05, 0) is 13.8 Å². The highest BCUT2D eigenvalue weighted by molar-refractivity contribution is 5.24. The van der Waals surface area contributed by atoms with Gasteiger partial charge in [-0.25, -0.2) is 0 Å². The van der Waals surface area contributed by atoms with E-state index in [4.69, 9.17) is 14.3 Å². The molecule has 0 aromatic carbocycles. The molecule has 0 amide bonds. The molecule has 1 fully saturated rings. The first-order valence-electron chi connectivity index (χ1n) is 6.44. The van der Waals surface area contributed by atoms with Crippen LogP contribution in [0.5, 0.6) is 5.75 Å². The zero-order valence-corrected chi connectivity index (χ0v) is 11.2. The fourth-order valence-corrected chi connectivity index (χ4v) is 2.55. The Balaban J connectivity index is 2.18. The van der Waals surface area contributed by atoms with Gasteiger partial charge >= 0.3 is 0 Å². The Kier molecular flexibility index (Phi) is 4.24. The fourth-order valence-electron chi connectivity index (χ4n) is 2.55. The average molecular weight is 270 g/mol. The molecular formula is C13H20NO5+. The van der Waals surface area contributed by atoms with E-state index in [0.717, 1.165) is 19.2 Å². The smallest absolute Gasteiger partial charge is 0.227 e. The first-order chi connectivity index (χ1) is 8.99. The third-order valence-corrected chi connectivity index (χ3v) is 3.23. The maximum Gasteiger partial charge on any atom is 0.227 e. The predicted octanol–water partition coefficient (Wildman–Crippen LogP) is -0.970. The number of rotatable bonds is 3. The van der Waals surface area contributed by atoms with E-state index in [0.29, 0.717) is 6.54 Å². The van der Waals surface area contributed by atoms with E-state index in [1.54, 1.807) is 0 Å². The van der Waals surface area contributed by atoms with Gasteiger partial charge in [0.15, 0.2) is 0 Å². The zero-order chi connectivity index (χ0) is 14.0. The van der Waals surface area contributed by atoms with Crippen LogP contribution in [0.4, 0.5) is 0 Å². The van der Waals surface area contributed by atoms with Crippen molar-refractivity contribution in [3.05, 3.63) is 27.8 Å². The molecule has 1 aliphatic rings. The van der Waals surface area contributed by atoms with Crippen LogP contribution in [0.3, 0.4) is 0 Å². The summed E-state index contributed by atoms with van der Waals surface area (Å²) < 4.78 is 11.0. The molecule has 1 aromatic heterocycles. The van der Waals surface area contributed by atoms with E-state index in [9.17, 15) is 9.90 Å². The second-order valence-electron chi connectivity index (χ2n) is 5.10. The molecule has 0 aliphatic carbocycles. The van der Waals surface area contributed by atoms with Crippen molar-refractivity contribution in [1.29, 1.82) is 0 Å². The lowest BCUT2D eigenvalue weighted by Crippen LogP contribution is -3.14. The van der Waals surface area contributed by atoms with Gasteiger partial charge in [0.05, 0.1) is 0 Å². The van der Waals surface area contributed by atoms with Crippen LogP contribution in [0, 0.1) is 0 Å². The van der Waals surface area contributed by atoms with Crippen molar-refractivity contribution in [2.45, 2.75) is 39.2 Å². The van der Waals surface area contributed by atoms with Crippen LogP contribution < -0.4 is 10.3 Å². The maximum atomic E-state index is 11.5. The number of nitrogens with one attached hydrogen (secondary N) is 1. The number of hydrogen-bond acceptors (Lipinski definition) is 5. The van der Waals surface area contributed by atoms with Crippen molar-refractivity contribution in [2.24, 2.45) is 0 Å². The van der Waals surface area contributed by atoms with Crippen LogP contribution in [0.2, 0.25) is 0 Å². The quantitative estimate of drug-likeness (QED) is 0.658. The Hall–Kier alpha value is -1.37. The minimum absolute atomic E-state index is 0.133. The Labute approximate surface area is 111 Å². The summed E-state index contributed by atoms with van der Waals surface area (Å²) in [5.74, 6) is 0.0379. The van der Waals surface area contributed by atoms with E-state index >= 15 is 0 Å². The van der Waals surface area contributed by atoms with E-state index < -0.39 is 5.43 Å². The highest BCUT2D eigenvalue weighted by Gasteiger charge is 2.27. The highest BCUT2D eigenvalue weighted by Crippen LogP contribution is 2.13. The van der Waals surface area contributed by atoms with Crippen LogP contribution in [0.15, 0.2) is 15.3 Å². The molecule has 106 valence electrons. The topological polar surface area (TPSA) is 84.3 Å². The molecule has 0 saturated carbocycles. The third kappa shape index (κ3) is 3.34. The van der Waals surface area contributed by atoms with Crippen molar-refractivity contribution >= 4 is 0 Å². The summed E-state index contributed by atoms with van der Waals surface area (Å²) >= 11 is 0. The molecule has 1 aliphatic heterocycles.